The number of benzene rings is 3. The Morgan fingerprint density at radius 3 is 2.06 bits per heavy atom. The van der Waals surface area contributed by atoms with E-state index in [1.54, 1.807) is 36.0 Å². The molecule has 0 aliphatic carbocycles. The Hall–Kier alpha value is -3.58. The number of nitrogens with zero attached hydrogens (tertiary/aromatic N) is 1. The second-order valence-electron chi connectivity index (χ2n) is 7.81. The fourth-order valence-corrected chi connectivity index (χ4v) is 4.62. The van der Waals surface area contributed by atoms with Crippen molar-refractivity contribution in [3.05, 3.63) is 102 Å². The van der Waals surface area contributed by atoms with Crippen molar-refractivity contribution in [3.8, 4) is 0 Å². The molecular weight excluding hydrogens is 434 g/mol. The van der Waals surface area contributed by atoms with E-state index in [4.69, 9.17) is 0 Å². The predicted molar refractivity (Wildman–Crippen MR) is 129 cm³/mol. The van der Waals surface area contributed by atoms with Crippen molar-refractivity contribution >= 4 is 29.6 Å². The Balaban J connectivity index is 1.43. The summed E-state index contributed by atoms with van der Waals surface area (Å²) in [6, 6.07) is 25.8. The summed E-state index contributed by atoms with van der Waals surface area (Å²) in [5.41, 5.74) is 1.13. The smallest absolute Gasteiger partial charge is 0.326 e. The zero-order chi connectivity index (χ0) is 23.3. The van der Waals surface area contributed by atoms with Gasteiger partial charge in [-0.3, -0.25) is 14.5 Å². The lowest BCUT2D eigenvalue weighted by atomic mass is 9.82. The van der Waals surface area contributed by atoms with E-state index in [9.17, 15) is 14.4 Å². The van der Waals surface area contributed by atoms with E-state index >= 15 is 0 Å². The van der Waals surface area contributed by atoms with Crippen LogP contribution in [0.3, 0.4) is 0 Å². The Morgan fingerprint density at radius 2 is 1.48 bits per heavy atom. The number of amides is 4. The summed E-state index contributed by atoms with van der Waals surface area (Å²) >= 11 is 1.63. The van der Waals surface area contributed by atoms with Crippen molar-refractivity contribution in [1.82, 2.24) is 15.5 Å². The van der Waals surface area contributed by atoms with Gasteiger partial charge < -0.3 is 10.6 Å². The van der Waals surface area contributed by atoms with Crippen LogP contribution in [-0.2, 0) is 15.1 Å². The summed E-state index contributed by atoms with van der Waals surface area (Å²) < 4.78 is 0. The maximum absolute atomic E-state index is 13.6. The third kappa shape index (κ3) is 4.78. The third-order valence-electron chi connectivity index (χ3n) is 5.53. The number of nitrogens with one attached hydrogen (secondary N) is 2. The first-order chi connectivity index (χ1) is 16.0. The number of imide groups is 1. The minimum atomic E-state index is -1.36. The number of thioether (sulfide) groups is 1. The molecular formula is C26H25N3O3S. The Labute approximate surface area is 197 Å². The van der Waals surface area contributed by atoms with Gasteiger partial charge in [-0.2, -0.15) is 0 Å². The molecule has 0 saturated carbocycles. The average Bonchev–Trinajstić information content (AvgIpc) is 3.10. The minimum absolute atomic E-state index is 0.332. The summed E-state index contributed by atoms with van der Waals surface area (Å²) in [5, 5.41) is 5.66. The molecule has 7 heteroatoms. The molecule has 33 heavy (non-hydrogen) atoms. The van der Waals surface area contributed by atoms with Crippen molar-refractivity contribution in [2.75, 3.05) is 18.8 Å². The molecule has 1 aliphatic heterocycles. The lowest BCUT2D eigenvalue weighted by molar-refractivity contribution is -0.134. The molecule has 168 valence electrons. The monoisotopic (exact) mass is 459 g/mol. The fraction of sp³-hybridized carbons (Fsp3) is 0.192. The number of aryl methyl sites for hydroxylation is 1. The highest BCUT2D eigenvalue weighted by molar-refractivity contribution is 7.99. The number of hydrogen-bond donors (Lipinski definition) is 2. The molecule has 0 atom stereocenters. The van der Waals surface area contributed by atoms with Crippen molar-refractivity contribution in [2.24, 2.45) is 0 Å². The predicted octanol–water partition coefficient (Wildman–Crippen LogP) is 3.70. The van der Waals surface area contributed by atoms with Crippen LogP contribution in [-0.4, -0.2) is 41.6 Å². The zero-order valence-electron chi connectivity index (χ0n) is 18.3. The summed E-state index contributed by atoms with van der Waals surface area (Å²) in [7, 11) is 0. The molecule has 3 aromatic rings. The van der Waals surface area contributed by atoms with Gasteiger partial charge in [0.1, 0.15) is 6.54 Å². The second-order valence-corrected chi connectivity index (χ2v) is 8.98. The van der Waals surface area contributed by atoms with Crippen molar-refractivity contribution in [3.63, 3.8) is 0 Å². The van der Waals surface area contributed by atoms with Gasteiger partial charge in [0.25, 0.3) is 5.91 Å². The van der Waals surface area contributed by atoms with E-state index in [-0.39, 0.29) is 12.5 Å². The average molecular weight is 460 g/mol. The van der Waals surface area contributed by atoms with Gasteiger partial charge in [-0.1, -0.05) is 78.4 Å². The van der Waals surface area contributed by atoms with E-state index in [1.165, 1.54) is 5.56 Å². The molecule has 1 aliphatic rings. The molecule has 0 unspecified atom stereocenters. The van der Waals surface area contributed by atoms with Gasteiger partial charge in [-0.15, -0.1) is 11.8 Å². The third-order valence-corrected chi connectivity index (χ3v) is 6.55. The van der Waals surface area contributed by atoms with Gasteiger partial charge in [0.15, 0.2) is 5.54 Å². The van der Waals surface area contributed by atoms with E-state index in [0.717, 1.165) is 9.80 Å². The van der Waals surface area contributed by atoms with Gasteiger partial charge in [-0.25, -0.2) is 4.79 Å². The molecule has 0 bridgehead atoms. The summed E-state index contributed by atoms with van der Waals surface area (Å²) in [5.74, 6) is -0.151. The molecule has 0 radical (unpaired) electrons. The molecule has 1 saturated heterocycles. The highest BCUT2D eigenvalue weighted by atomic mass is 32.2. The number of urea groups is 1. The Bertz CT molecular complexity index is 1090. The first kappa shape index (κ1) is 22.6. The van der Waals surface area contributed by atoms with Crippen LogP contribution in [0.5, 0.6) is 0 Å². The molecule has 3 aromatic carbocycles. The Morgan fingerprint density at radius 1 is 0.909 bits per heavy atom. The van der Waals surface area contributed by atoms with E-state index in [2.05, 4.69) is 10.6 Å². The molecule has 4 amide bonds. The summed E-state index contributed by atoms with van der Waals surface area (Å²) in [4.78, 5) is 41.1. The summed E-state index contributed by atoms with van der Waals surface area (Å²) in [6.45, 7) is 2.14. The first-order valence-corrected chi connectivity index (χ1v) is 11.7. The van der Waals surface area contributed by atoms with E-state index in [0.29, 0.717) is 23.4 Å². The van der Waals surface area contributed by atoms with Crippen LogP contribution in [0.25, 0.3) is 0 Å². The number of hydrogen-bond acceptors (Lipinski definition) is 4. The lowest BCUT2D eigenvalue weighted by Gasteiger charge is -2.28. The second kappa shape index (κ2) is 9.92. The van der Waals surface area contributed by atoms with Crippen LogP contribution in [0.2, 0.25) is 0 Å². The van der Waals surface area contributed by atoms with Gasteiger partial charge in [0.2, 0.25) is 5.91 Å². The first-order valence-electron chi connectivity index (χ1n) is 10.7. The fourth-order valence-electron chi connectivity index (χ4n) is 3.85. The molecule has 4 rings (SSSR count). The van der Waals surface area contributed by atoms with E-state index in [1.807, 2.05) is 67.6 Å². The molecule has 1 fully saturated rings. The largest absolute Gasteiger partial charge is 0.354 e. The topological polar surface area (TPSA) is 78.5 Å². The summed E-state index contributed by atoms with van der Waals surface area (Å²) in [6.07, 6.45) is 0. The van der Waals surface area contributed by atoms with Crippen LogP contribution in [0.1, 0.15) is 16.7 Å². The van der Waals surface area contributed by atoms with Crippen molar-refractivity contribution in [1.29, 1.82) is 0 Å². The maximum Gasteiger partial charge on any atom is 0.326 e. The van der Waals surface area contributed by atoms with E-state index < -0.39 is 17.5 Å². The lowest BCUT2D eigenvalue weighted by Crippen LogP contribution is -2.46. The van der Waals surface area contributed by atoms with Crippen LogP contribution >= 0.6 is 11.8 Å². The molecule has 0 aromatic heterocycles. The van der Waals surface area contributed by atoms with Crippen LogP contribution in [0.15, 0.2) is 89.8 Å². The standard InChI is InChI=1S/C26H25N3O3S/c1-19-12-14-22(15-13-19)33-17-16-27-23(30)18-29-24(31)26(28-25(29)32,20-8-4-2-5-9-20)21-10-6-3-7-11-21/h2-15H,16-18H2,1H3,(H,27,30)(H,28,32). The van der Waals surface area contributed by atoms with Gasteiger partial charge >= 0.3 is 6.03 Å². The van der Waals surface area contributed by atoms with Crippen molar-refractivity contribution < 1.29 is 14.4 Å². The Kier molecular flexibility index (Phi) is 6.79. The van der Waals surface area contributed by atoms with Crippen LogP contribution < -0.4 is 10.6 Å². The number of carbonyl (C=O) groups is 3. The molecule has 6 nitrogen and oxygen atoms in total. The molecule has 1 heterocycles. The van der Waals surface area contributed by atoms with Gasteiger partial charge in [0.05, 0.1) is 0 Å². The molecule has 2 N–H and O–H groups in total. The van der Waals surface area contributed by atoms with Gasteiger partial charge in [-0.05, 0) is 30.2 Å². The van der Waals surface area contributed by atoms with Crippen LogP contribution in [0, 0.1) is 6.92 Å². The van der Waals surface area contributed by atoms with Crippen LogP contribution in [0.4, 0.5) is 4.79 Å². The highest BCUT2D eigenvalue weighted by Gasteiger charge is 2.53. The maximum atomic E-state index is 13.6. The van der Waals surface area contributed by atoms with Gasteiger partial charge in [0, 0.05) is 17.2 Å². The molecule has 0 spiro atoms. The highest BCUT2D eigenvalue weighted by Crippen LogP contribution is 2.35. The zero-order valence-corrected chi connectivity index (χ0v) is 19.1. The minimum Gasteiger partial charge on any atom is -0.354 e. The number of carbonyl (C=O) groups excluding carboxylic acids is 3. The number of rotatable bonds is 8. The normalized spacial score (nSPS) is 14.8. The quantitative estimate of drug-likeness (QED) is 0.306. The van der Waals surface area contributed by atoms with Crippen molar-refractivity contribution in [2.45, 2.75) is 17.4 Å². The SMILES string of the molecule is Cc1ccc(SCCNC(=O)CN2C(=O)NC(c3ccccc3)(c3ccccc3)C2=O)cc1.